The van der Waals surface area contributed by atoms with Gasteiger partial charge in [0.05, 0.1) is 14.2 Å². The second kappa shape index (κ2) is 5.87. The standard InChI is InChI=1S/C17H19NO3/c1-10-8-16(21-4)11(2)7-14(10)17(19)13-6-5-12(20-3)9-15(13)18/h5-9H,18H2,1-4H3. The van der Waals surface area contributed by atoms with E-state index in [1.807, 2.05) is 26.0 Å². The van der Waals surface area contributed by atoms with E-state index in [4.69, 9.17) is 15.2 Å². The maximum absolute atomic E-state index is 12.7. The van der Waals surface area contributed by atoms with Crippen molar-refractivity contribution in [3.63, 3.8) is 0 Å². The average Bonchev–Trinajstić information content (AvgIpc) is 2.48. The Morgan fingerprint density at radius 1 is 0.952 bits per heavy atom. The third kappa shape index (κ3) is 2.84. The van der Waals surface area contributed by atoms with Crippen molar-refractivity contribution in [1.82, 2.24) is 0 Å². The van der Waals surface area contributed by atoms with Crippen LogP contribution in [0.15, 0.2) is 30.3 Å². The molecule has 110 valence electrons. The van der Waals surface area contributed by atoms with Crippen LogP contribution in [0.4, 0.5) is 5.69 Å². The minimum Gasteiger partial charge on any atom is -0.497 e. The van der Waals surface area contributed by atoms with Gasteiger partial charge in [-0.05, 0) is 49.2 Å². The summed E-state index contributed by atoms with van der Waals surface area (Å²) in [5.41, 5.74) is 9.24. The maximum Gasteiger partial charge on any atom is 0.195 e. The Kier molecular flexibility index (Phi) is 4.17. The van der Waals surface area contributed by atoms with Gasteiger partial charge >= 0.3 is 0 Å². The monoisotopic (exact) mass is 285 g/mol. The highest BCUT2D eigenvalue weighted by Gasteiger charge is 2.17. The summed E-state index contributed by atoms with van der Waals surface area (Å²) in [6.45, 7) is 3.79. The molecule has 0 fully saturated rings. The fourth-order valence-corrected chi connectivity index (χ4v) is 2.27. The van der Waals surface area contributed by atoms with Crippen LogP contribution in [0.2, 0.25) is 0 Å². The number of hydrogen-bond donors (Lipinski definition) is 1. The number of hydrogen-bond acceptors (Lipinski definition) is 4. The highest BCUT2D eigenvalue weighted by molar-refractivity contribution is 6.13. The van der Waals surface area contributed by atoms with Gasteiger partial charge in [-0.25, -0.2) is 0 Å². The van der Waals surface area contributed by atoms with Crippen LogP contribution in [0.1, 0.15) is 27.0 Å². The van der Waals surface area contributed by atoms with E-state index in [9.17, 15) is 4.79 Å². The lowest BCUT2D eigenvalue weighted by Crippen LogP contribution is -2.08. The number of ketones is 1. The molecule has 2 N–H and O–H groups in total. The van der Waals surface area contributed by atoms with Crippen molar-refractivity contribution in [2.45, 2.75) is 13.8 Å². The SMILES string of the molecule is COc1ccc(C(=O)c2cc(C)c(OC)cc2C)c(N)c1. The summed E-state index contributed by atoms with van der Waals surface area (Å²) in [5, 5.41) is 0. The molecule has 0 heterocycles. The van der Waals surface area contributed by atoms with E-state index in [-0.39, 0.29) is 5.78 Å². The molecule has 0 aliphatic heterocycles. The third-order valence-corrected chi connectivity index (χ3v) is 3.49. The first kappa shape index (κ1) is 14.9. The Balaban J connectivity index is 2.47. The summed E-state index contributed by atoms with van der Waals surface area (Å²) in [7, 11) is 3.18. The average molecular weight is 285 g/mol. The molecule has 2 aromatic rings. The molecule has 0 atom stereocenters. The Labute approximate surface area is 124 Å². The van der Waals surface area contributed by atoms with E-state index in [1.54, 1.807) is 32.4 Å². The number of rotatable bonds is 4. The number of carbonyl (C=O) groups is 1. The zero-order valence-corrected chi connectivity index (χ0v) is 12.7. The fraction of sp³-hybridized carbons (Fsp3) is 0.235. The van der Waals surface area contributed by atoms with Gasteiger partial charge in [0.15, 0.2) is 5.78 Å². The summed E-state index contributed by atoms with van der Waals surface area (Å²) in [4.78, 5) is 12.7. The highest BCUT2D eigenvalue weighted by Crippen LogP contribution is 2.27. The fourth-order valence-electron chi connectivity index (χ4n) is 2.27. The Hall–Kier alpha value is -2.49. The summed E-state index contributed by atoms with van der Waals surface area (Å²) in [5.74, 6) is 1.30. The molecule has 4 heteroatoms. The number of methoxy groups -OCH3 is 2. The quantitative estimate of drug-likeness (QED) is 0.692. The molecule has 0 saturated heterocycles. The highest BCUT2D eigenvalue weighted by atomic mass is 16.5. The van der Waals surface area contributed by atoms with Gasteiger partial charge in [-0.3, -0.25) is 4.79 Å². The Morgan fingerprint density at radius 3 is 2.24 bits per heavy atom. The van der Waals surface area contributed by atoms with Crippen molar-refractivity contribution in [3.8, 4) is 11.5 Å². The number of ether oxygens (including phenoxy) is 2. The first-order valence-electron chi connectivity index (χ1n) is 6.61. The molecule has 4 nitrogen and oxygen atoms in total. The molecule has 0 aromatic heterocycles. The topological polar surface area (TPSA) is 61.5 Å². The van der Waals surface area contributed by atoms with Crippen LogP contribution in [0.5, 0.6) is 11.5 Å². The van der Waals surface area contributed by atoms with Gasteiger partial charge < -0.3 is 15.2 Å². The van der Waals surface area contributed by atoms with Crippen molar-refractivity contribution >= 4 is 11.5 Å². The third-order valence-electron chi connectivity index (χ3n) is 3.49. The lowest BCUT2D eigenvalue weighted by Gasteiger charge is -2.12. The van der Waals surface area contributed by atoms with Crippen LogP contribution in [0.25, 0.3) is 0 Å². The number of anilines is 1. The van der Waals surface area contributed by atoms with E-state index in [0.717, 1.165) is 16.9 Å². The summed E-state index contributed by atoms with van der Waals surface area (Å²) >= 11 is 0. The molecule has 2 rings (SSSR count). The zero-order chi connectivity index (χ0) is 15.6. The minimum absolute atomic E-state index is 0.0987. The van der Waals surface area contributed by atoms with E-state index in [0.29, 0.717) is 22.6 Å². The predicted octanol–water partition coefficient (Wildman–Crippen LogP) is 3.13. The maximum atomic E-state index is 12.7. The van der Waals surface area contributed by atoms with Crippen molar-refractivity contribution in [3.05, 3.63) is 52.6 Å². The van der Waals surface area contributed by atoms with Crippen molar-refractivity contribution in [1.29, 1.82) is 0 Å². The zero-order valence-electron chi connectivity index (χ0n) is 12.7. The van der Waals surface area contributed by atoms with Gasteiger partial charge in [0.25, 0.3) is 0 Å². The lowest BCUT2D eigenvalue weighted by molar-refractivity contribution is 0.103. The van der Waals surface area contributed by atoms with Gasteiger partial charge in [-0.15, -0.1) is 0 Å². The second-order valence-corrected chi connectivity index (χ2v) is 4.92. The first-order valence-corrected chi connectivity index (χ1v) is 6.61. The van der Waals surface area contributed by atoms with E-state index < -0.39 is 0 Å². The molecule has 2 aromatic carbocycles. The molecule has 21 heavy (non-hydrogen) atoms. The van der Waals surface area contributed by atoms with Gasteiger partial charge in [0.2, 0.25) is 0 Å². The second-order valence-electron chi connectivity index (χ2n) is 4.92. The van der Waals surface area contributed by atoms with Crippen LogP contribution in [0, 0.1) is 13.8 Å². The minimum atomic E-state index is -0.0987. The molecule has 0 radical (unpaired) electrons. The smallest absolute Gasteiger partial charge is 0.195 e. The summed E-state index contributed by atoms with van der Waals surface area (Å²) < 4.78 is 10.4. The molecule has 0 bridgehead atoms. The van der Waals surface area contributed by atoms with Crippen molar-refractivity contribution < 1.29 is 14.3 Å². The number of carbonyl (C=O) groups excluding carboxylic acids is 1. The Morgan fingerprint density at radius 2 is 1.67 bits per heavy atom. The van der Waals surface area contributed by atoms with Crippen LogP contribution >= 0.6 is 0 Å². The molecule has 0 spiro atoms. The molecule has 0 unspecified atom stereocenters. The van der Waals surface area contributed by atoms with E-state index in [2.05, 4.69) is 0 Å². The first-order chi connectivity index (χ1) is 9.97. The predicted molar refractivity (Wildman–Crippen MR) is 83.3 cm³/mol. The van der Waals surface area contributed by atoms with Gasteiger partial charge in [0.1, 0.15) is 11.5 Å². The molecular formula is C17H19NO3. The molecular weight excluding hydrogens is 266 g/mol. The van der Waals surface area contributed by atoms with Crippen LogP contribution in [-0.2, 0) is 0 Å². The normalized spacial score (nSPS) is 10.3. The number of nitrogen functional groups attached to an aromatic ring is 1. The summed E-state index contributed by atoms with van der Waals surface area (Å²) in [6, 6.07) is 8.77. The van der Waals surface area contributed by atoms with Gasteiger partial charge in [-0.1, -0.05) is 0 Å². The lowest BCUT2D eigenvalue weighted by atomic mass is 9.96. The van der Waals surface area contributed by atoms with Gasteiger partial charge in [-0.2, -0.15) is 0 Å². The largest absolute Gasteiger partial charge is 0.497 e. The number of benzene rings is 2. The van der Waals surface area contributed by atoms with Crippen molar-refractivity contribution in [2.24, 2.45) is 0 Å². The molecule has 0 amide bonds. The Bertz CT molecular complexity index is 693. The van der Waals surface area contributed by atoms with E-state index >= 15 is 0 Å². The van der Waals surface area contributed by atoms with Gasteiger partial charge in [0, 0.05) is 22.9 Å². The van der Waals surface area contributed by atoms with Crippen LogP contribution in [-0.4, -0.2) is 20.0 Å². The molecule has 0 aliphatic rings. The van der Waals surface area contributed by atoms with E-state index in [1.165, 1.54) is 0 Å². The van der Waals surface area contributed by atoms with Crippen LogP contribution < -0.4 is 15.2 Å². The molecule has 0 saturated carbocycles. The molecule has 0 aliphatic carbocycles. The van der Waals surface area contributed by atoms with Crippen molar-refractivity contribution in [2.75, 3.05) is 20.0 Å². The number of nitrogens with two attached hydrogens (primary N) is 1. The summed E-state index contributed by atoms with van der Waals surface area (Å²) in [6.07, 6.45) is 0. The van der Waals surface area contributed by atoms with Crippen LogP contribution in [0.3, 0.4) is 0 Å². The number of aryl methyl sites for hydroxylation is 2.